The van der Waals surface area contributed by atoms with Crippen LogP contribution in [0, 0.1) is 0 Å². The molecule has 35 heavy (non-hydrogen) atoms. The van der Waals surface area contributed by atoms with Crippen LogP contribution in [0.2, 0.25) is 10.0 Å². The first-order valence-corrected chi connectivity index (χ1v) is 11.0. The van der Waals surface area contributed by atoms with Crippen molar-refractivity contribution in [3.63, 3.8) is 0 Å². The molecule has 0 aliphatic carbocycles. The average molecular weight is 516 g/mol. The predicted molar refractivity (Wildman–Crippen MR) is 126 cm³/mol. The topological polar surface area (TPSA) is 60.9 Å². The van der Waals surface area contributed by atoms with Gasteiger partial charge in [-0.25, -0.2) is 0 Å². The van der Waals surface area contributed by atoms with Gasteiger partial charge in [-0.1, -0.05) is 53.5 Å². The van der Waals surface area contributed by atoms with E-state index in [4.69, 9.17) is 27.6 Å². The molecule has 0 atom stereocenters. The minimum absolute atomic E-state index is 0.0189. The summed E-state index contributed by atoms with van der Waals surface area (Å²) in [4.78, 5) is 13.4. The number of nitrogens with zero attached hydrogens (tertiary/aromatic N) is 3. The predicted octanol–water partition coefficient (Wildman–Crippen LogP) is 7.30. The maximum absolute atomic E-state index is 14.5. The van der Waals surface area contributed by atoms with Gasteiger partial charge in [0.25, 0.3) is 11.7 Å². The van der Waals surface area contributed by atoms with Crippen molar-refractivity contribution in [2.45, 2.75) is 12.7 Å². The van der Waals surface area contributed by atoms with Crippen LogP contribution >= 0.6 is 23.2 Å². The van der Waals surface area contributed by atoms with Gasteiger partial charge in [0, 0.05) is 33.1 Å². The van der Waals surface area contributed by atoms with Gasteiger partial charge in [0.2, 0.25) is 5.89 Å². The SMILES string of the molecule is O=C(c1nnc(-c2ccccc2)o1)c1c(C(F)(F)F)n(Cc2ccc(Cl)cc2)c2ccc(Cl)cc12. The van der Waals surface area contributed by atoms with Gasteiger partial charge >= 0.3 is 6.18 Å². The number of ketones is 1. The molecule has 2 aromatic heterocycles. The van der Waals surface area contributed by atoms with Crippen LogP contribution in [0.5, 0.6) is 0 Å². The third-order valence-corrected chi connectivity index (χ3v) is 5.90. The lowest BCUT2D eigenvalue weighted by Gasteiger charge is -2.14. The van der Waals surface area contributed by atoms with Crippen LogP contribution in [-0.2, 0) is 12.7 Å². The van der Waals surface area contributed by atoms with Gasteiger partial charge in [-0.3, -0.25) is 4.79 Å². The van der Waals surface area contributed by atoms with E-state index in [-0.39, 0.29) is 28.4 Å². The van der Waals surface area contributed by atoms with E-state index >= 15 is 0 Å². The fourth-order valence-electron chi connectivity index (χ4n) is 3.91. The molecule has 176 valence electrons. The zero-order valence-corrected chi connectivity index (χ0v) is 19.2. The lowest BCUT2D eigenvalue weighted by atomic mass is 10.1. The van der Waals surface area contributed by atoms with E-state index in [0.29, 0.717) is 16.1 Å². The maximum atomic E-state index is 14.5. The second-order valence-corrected chi connectivity index (χ2v) is 8.58. The second kappa shape index (κ2) is 8.87. The fraction of sp³-hybridized carbons (Fsp3) is 0.0800. The van der Waals surface area contributed by atoms with Crippen molar-refractivity contribution in [1.82, 2.24) is 14.8 Å². The highest BCUT2D eigenvalue weighted by atomic mass is 35.5. The van der Waals surface area contributed by atoms with E-state index in [1.807, 2.05) is 0 Å². The summed E-state index contributed by atoms with van der Waals surface area (Å²) in [6, 6.07) is 19.3. The molecule has 0 aliphatic rings. The number of halogens is 5. The molecule has 2 heterocycles. The number of hydrogen-bond donors (Lipinski definition) is 0. The second-order valence-electron chi connectivity index (χ2n) is 7.70. The molecule has 5 rings (SSSR count). The number of carbonyl (C=O) groups is 1. The highest BCUT2D eigenvalue weighted by Crippen LogP contribution is 2.40. The Morgan fingerprint density at radius 1 is 0.914 bits per heavy atom. The molecule has 0 radical (unpaired) electrons. The Kier molecular flexibility index (Phi) is 5.86. The zero-order chi connectivity index (χ0) is 24.7. The molecule has 0 saturated heterocycles. The molecule has 10 heteroatoms. The quantitative estimate of drug-likeness (QED) is 0.230. The Hall–Kier alpha value is -3.62. The summed E-state index contributed by atoms with van der Waals surface area (Å²) in [5, 5.41) is 8.24. The number of benzene rings is 3. The van der Waals surface area contributed by atoms with Crippen molar-refractivity contribution in [3.05, 3.63) is 106 Å². The van der Waals surface area contributed by atoms with Crippen LogP contribution in [-0.4, -0.2) is 20.5 Å². The summed E-state index contributed by atoms with van der Waals surface area (Å²) in [6.45, 7) is -0.156. The zero-order valence-electron chi connectivity index (χ0n) is 17.7. The van der Waals surface area contributed by atoms with Gasteiger partial charge in [-0.2, -0.15) is 13.2 Å². The number of carbonyl (C=O) groups excluding carboxylic acids is 1. The minimum atomic E-state index is -4.87. The number of alkyl halides is 3. The van der Waals surface area contributed by atoms with E-state index in [1.165, 1.54) is 18.2 Å². The van der Waals surface area contributed by atoms with Crippen molar-refractivity contribution < 1.29 is 22.4 Å². The molecule has 3 aromatic carbocycles. The lowest BCUT2D eigenvalue weighted by Crippen LogP contribution is -2.19. The van der Waals surface area contributed by atoms with E-state index in [1.54, 1.807) is 54.6 Å². The van der Waals surface area contributed by atoms with Crippen LogP contribution in [0.3, 0.4) is 0 Å². The molecule has 5 nitrogen and oxygen atoms in total. The molecule has 0 bridgehead atoms. The third kappa shape index (κ3) is 4.42. The van der Waals surface area contributed by atoms with Gasteiger partial charge in [0.15, 0.2) is 0 Å². The number of rotatable bonds is 5. The van der Waals surface area contributed by atoms with Crippen molar-refractivity contribution in [1.29, 1.82) is 0 Å². The summed E-state index contributed by atoms with van der Waals surface area (Å²) in [5.74, 6) is -1.58. The van der Waals surface area contributed by atoms with E-state index in [2.05, 4.69) is 10.2 Å². The fourth-order valence-corrected chi connectivity index (χ4v) is 4.21. The first kappa shape index (κ1) is 23.1. The lowest BCUT2D eigenvalue weighted by molar-refractivity contribution is -0.143. The van der Waals surface area contributed by atoms with Crippen molar-refractivity contribution in [3.8, 4) is 11.5 Å². The van der Waals surface area contributed by atoms with Gasteiger partial charge in [-0.05, 0) is 48.0 Å². The van der Waals surface area contributed by atoms with Crippen molar-refractivity contribution in [2.24, 2.45) is 0 Å². The van der Waals surface area contributed by atoms with Crippen molar-refractivity contribution in [2.75, 3.05) is 0 Å². The monoisotopic (exact) mass is 515 g/mol. The van der Waals surface area contributed by atoms with Crippen LogP contribution in [0.25, 0.3) is 22.4 Å². The van der Waals surface area contributed by atoms with Crippen LogP contribution in [0.1, 0.15) is 27.5 Å². The van der Waals surface area contributed by atoms with Crippen molar-refractivity contribution >= 4 is 39.9 Å². The van der Waals surface area contributed by atoms with Gasteiger partial charge in [-0.15, -0.1) is 10.2 Å². The summed E-state index contributed by atoms with van der Waals surface area (Å²) < 4.78 is 49.9. The minimum Gasteiger partial charge on any atom is -0.413 e. The summed E-state index contributed by atoms with van der Waals surface area (Å²) in [7, 11) is 0. The van der Waals surface area contributed by atoms with Crippen LogP contribution in [0.4, 0.5) is 13.2 Å². The average Bonchev–Trinajstić information content (AvgIpc) is 3.44. The molecule has 0 fully saturated rings. The highest BCUT2D eigenvalue weighted by Gasteiger charge is 2.42. The van der Waals surface area contributed by atoms with Gasteiger partial charge in [0.05, 0.1) is 5.56 Å². The number of aromatic nitrogens is 3. The molecule has 0 aliphatic heterocycles. The van der Waals surface area contributed by atoms with E-state index in [0.717, 1.165) is 4.57 Å². The first-order valence-electron chi connectivity index (χ1n) is 10.3. The number of hydrogen-bond acceptors (Lipinski definition) is 4. The molecule has 5 aromatic rings. The van der Waals surface area contributed by atoms with Crippen LogP contribution < -0.4 is 0 Å². The third-order valence-electron chi connectivity index (χ3n) is 5.41. The van der Waals surface area contributed by atoms with E-state index in [9.17, 15) is 18.0 Å². The molecule has 0 amide bonds. The summed E-state index contributed by atoms with van der Waals surface area (Å²) >= 11 is 12.0. The smallest absolute Gasteiger partial charge is 0.413 e. The molecular formula is C25H14Cl2F3N3O2. The van der Waals surface area contributed by atoms with E-state index < -0.39 is 29.1 Å². The van der Waals surface area contributed by atoms with Gasteiger partial charge in [0.1, 0.15) is 5.69 Å². The van der Waals surface area contributed by atoms with Gasteiger partial charge < -0.3 is 8.98 Å². The molecule has 0 spiro atoms. The highest BCUT2D eigenvalue weighted by molar-refractivity contribution is 6.32. The van der Waals surface area contributed by atoms with Crippen LogP contribution in [0.15, 0.2) is 77.2 Å². The largest absolute Gasteiger partial charge is 0.432 e. The number of fused-ring (bicyclic) bond motifs is 1. The summed E-state index contributed by atoms with van der Waals surface area (Å²) in [6.07, 6.45) is -4.87. The molecule has 0 unspecified atom stereocenters. The first-order chi connectivity index (χ1) is 16.7. The molecule has 0 N–H and O–H groups in total. The Morgan fingerprint density at radius 2 is 1.60 bits per heavy atom. The Morgan fingerprint density at radius 3 is 2.29 bits per heavy atom. The standard InChI is InChI=1S/C25H14Cl2F3N3O2/c26-16-8-6-14(7-9-16)13-33-19-11-10-17(27)12-18(19)20(22(33)25(28,29)30)21(34)24-32-31-23(35-24)15-4-2-1-3-5-15/h1-12H,13H2. The normalized spacial score (nSPS) is 11.8. The Labute approximate surface area is 206 Å². The Bertz CT molecular complexity index is 1540. The molecule has 0 saturated carbocycles. The maximum Gasteiger partial charge on any atom is 0.432 e. The summed E-state index contributed by atoms with van der Waals surface area (Å²) in [5.41, 5.74) is -0.456. The molecular weight excluding hydrogens is 502 g/mol. The Balaban J connectivity index is 1.70.